The molecular formula is C25H28N2O6. The van der Waals surface area contributed by atoms with Gasteiger partial charge in [0, 0.05) is 31.3 Å². The third-order valence-electron chi connectivity index (χ3n) is 6.46. The lowest BCUT2D eigenvalue weighted by Gasteiger charge is -2.24. The Labute approximate surface area is 192 Å². The number of ether oxygens (including phenoxy) is 1. The van der Waals surface area contributed by atoms with Crippen LogP contribution < -0.4 is 5.32 Å². The van der Waals surface area contributed by atoms with E-state index < -0.39 is 30.1 Å². The van der Waals surface area contributed by atoms with E-state index in [9.17, 15) is 24.6 Å². The van der Waals surface area contributed by atoms with Crippen LogP contribution in [0.5, 0.6) is 0 Å². The minimum absolute atomic E-state index is 0.0138. The van der Waals surface area contributed by atoms with Gasteiger partial charge in [0.2, 0.25) is 5.91 Å². The molecule has 2 aromatic carbocycles. The largest absolute Gasteiger partial charge is 0.480 e. The van der Waals surface area contributed by atoms with Gasteiger partial charge in [-0.2, -0.15) is 0 Å². The number of hydrogen-bond donors (Lipinski definition) is 3. The van der Waals surface area contributed by atoms with Crippen molar-refractivity contribution in [1.82, 2.24) is 10.2 Å². The highest BCUT2D eigenvalue weighted by Crippen LogP contribution is 2.44. The van der Waals surface area contributed by atoms with Crippen LogP contribution in [0, 0.1) is 5.92 Å². The van der Waals surface area contributed by atoms with E-state index in [1.807, 2.05) is 36.4 Å². The number of nitrogens with zero attached hydrogens (tertiary/aromatic N) is 1. The number of rotatable bonds is 7. The van der Waals surface area contributed by atoms with Crippen LogP contribution in [0.3, 0.4) is 0 Å². The SMILES string of the molecule is CC(CCNC(=O)OCC1c2ccccc2-c2ccccc21)C(=O)N1C[C@H](O)C[C@H]1C(=O)O. The molecule has 174 valence electrons. The van der Waals surface area contributed by atoms with E-state index in [2.05, 4.69) is 17.4 Å². The van der Waals surface area contributed by atoms with E-state index in [4.69, 9.17) is 4.74 Å². The van der Waals surface area contributed by atoms with Gasteiger partial charge >= 0.3 is 12.1 Å². The summed E-state index contributed by atoms with van der Waals surface area (Å²) in [4.78, 5) is 37.5. The summed E-state index contributed by atoms with van der Waals surface area (Å²) in [6.45, 7) is 2.13. The number of carbonyl (C=O) groups is 3. The van der Waals surface area contributed by atoms with E-state index in [0.717, 1.165) is 22.3 Å². The lowest BCUT2D eigenvalue weighted by Crippen LogP contribution is -2.43. The Bertz CT molecular complexity index is 1010. The number of aliphatic carboxylic acids is 1. The molecule has 3 atom stereocenters. The number of β-amino-alcohol motifs (C(OH)–C–C–N with tert-alkyl or cyclic N) is 1. The van der Waals surface area contributed by atoms with Gasteiger partial charge < -0.3 is 25.2 Å². The second-order valence-electron chi connectivity index (χ2n) is 8.68. The quantitative estimate of drug-likeness (QED) is 0.595. The molecule has 8 nitrogen and oxygen atoms in total. The molecule has 3 N–H and O–H groups in total. The first-order valence-corrected chi connectivity index (χ1v) is 11.2. The third-order valence-corrected chi connectivity index (χ3v) is 6.46. The Morgan fingerprint density at radius 2 is 1.70 bits per heavy atom. The van der Waals surface area contributed by atoms with Gasteiger partial charge in [0.1, 0.15) is 12.6 Å². The molecule has 0 saturated carbocycles. The molecule has 2 aliphatic rings. The molecule has 0 spiro atoms. The molecule has 0 radical (unpaired) electrons. The summed E-state index contributed by atoms with van der Waals surface area (Å²) in [6.07, 6.45) is -1.02. The van der Waals surface area contributed by atoms with Crippen molar-refractivity contribution in [2.75, 3.05) is 19.7 Å². The first kappa shape index (κ1) is 22.8. The van der Waals surface area contributed by atoms with Crippen molar-refractivity contribution < 1.29 is 29.3 Å². The standard InChI is InChI=1S/C25H28N2O6/c1-15(23(29)27-13-16(28)12-22(27)24(30)31)10-11-26-25(32)33-14-21-19-8-4-2-6-17(19)18-7-3-5-9-20(18)21/h2-9,15-16,21-22,28H,10-14H2,1H3,(H,26,32)(H,30,31)/t15?,16-,22+/m1/s1. The highest BCUT2D eigenvalue weighted by Gasteiger charge is 2.40. The second-order valence-corrected chi connectivity index (χ2v) is 8.68. The lowest BCUT2D eigenvalue weighted by atomic mass is 9.98. The van der Waals surface area contributed by atoms with Gasteiger partial charge in [-0.15, -0.1) is 0 Å². The van der Waals surface area contributed by atoms with Gasteiger partial charge in [0.25, 0.3) is 0 Å². The smallest absolute Gasteiger partial charge is 0.407 e. The molecule has 8 heteroatoms. The summed E-state index contributed by atoms with van der Waals surface area (Å²) >= 11 is 0. The zero-order valence-corrected chi connectivity index (χ0v) is 18.4. The second kappa shape index (κ2) is 9.62. The van der Waals surface area contributed by atoms with Crippen molar-refractivity contribution >= 4 is 18.0 Å². The molecule has 4 rings (SSSR count). The molecule has 1 saturated heterocycles. The van der Waals surface area contributed by atoms with Gasteiger partial charge in [-0.25, -0.2) is 9.59 Å². The first-order valence-electron chi connectivity index (χ1n) is 11.2. The summed E-state index contributed by atoms with van der Waals surface area (Å²) in [5, 5.41) is 21.7. The number of carboxylic acid groups (broad SMARTS) is 1. The molecule has 2 amide bonds. The van der Waals surface area contributed by atoms with E-state index in [-0.39, 0.29) is 37.9 Å². The van der Waals surface area contributed by atoms with Crippen LogP contribution in [0.25, 0.3) is 11.1 Å². The fourth-order valence-electron chi connectivity index (χ4n) is 4.74. The van der Waals surface area contributed by atoms with Crippen molar-refractivity contribution in [3.05, 3.63) is 59.7 Å². The molecule has 0 aromatic heterocycles. The van der Waals surface area contributed by atoms with Crippen LogP contribution in [-0.4, -0.2) is 64.9 Å². The van der Waals surface area contributed by atoms with Gasteiger partial charge in [0.05, 0.1) is 6.10 Å². The minimum Gasteiger partial charge on any atom is -0.480 e. The highest BCUT2D eigenvalue weighted by molar-refractivity contribution is 5.85. The fraction of sp³-hybridized carbons (Fsp3) is 0.400. The number of alkyl carbamates (subject to hydrolysis) is 1. The normalized spacial score (nSPS) is 20.1. The van der Waals surface area contributed by atoms with Crippen LogP contribution in [-0.2, 0) is 14.3 Å². The number of likely N-dealkylation sites (tertiary alicyclic amines) is 1. The number of carbonyl (C=O) groups excluding carboxylic acids is 2. The number of aliphatic hydroxyl groups excluding tert-OH is 1. The number of fused-ring (bicyclic) bond motifs is 3. The topological polar surface area (TPSA) is 116 Å². The number of benzene rings is 2. The third kappa shape index (κ3) is 4.71. The summed E-state index contributed by atoms with van der Waals surface area (Å²) in [6, 6.07) is 15.2. The van der Waals surface area contributed by atoms with Crippen molar-refractivity contribution in [2.24, 2.45) is 5.92 Å². The highest BCUT2D eigenvalue weighted by atomic mass is 16.5. The number of carboxylic acids is 1. The van der Waals surface area contributed by atoms with Gasteiger partial charge in [-0.05, 0) is 28.7 Å². The predicted octanol–water partition coefficient (Wildman–Crippen LogP) is 2.60. The van der Waals surface area contributed by atoms with Gasteiger partial charge in [0.15, 0.2) is 0 Å². The molecular weight excluding hydrogens is 424 g/mol. The van der Waals surface area contributed by atoms with Crippen molar-refractivity contribution in [3.63, 3.8) is 0 Å². The van der Waals surface area contributed by atoms with E-state index in [1.54, 1.807) is 6.92 Å². The van der Waals surface area contributed by atoms with Crippen LogP contribution in [0.4, 0.5) is 4.79 Å². The molecule has 1 aliphatic heterocycles. The molecule has 1 unspecified atom stereocenters. The zero-order valence-electron chi connectivity index (χ0n) is 18.4. The monoisotopic (exact) mass is 452 g/mol. The Kier molecular flexibility index (Phi) is 6.65. The Balaban J connectivity index is 1.27. The maximum atomic E-state index is 12.6. The summed E-state index contributed by atoms with van der Waals surface area (Å²) in [7, 11) is 0. The van der Waals surface area contributed by atoms with Crippen LogP contribution in [0.1, 0.15) is 36.8 Å². The fourth-order valence-corrected chi connectivity index (χ4v) is 4.74. The van der Waals surface area contributed by atoms with Crippen LogP contribution in [0.15, 0.2) is 48.5 Å². The molecule has 1 fully saturated rings. The predicted molar refractivity (Wildman–Crippen MR) is 121 cm³/mol. The Morgan fingerprint density at radius 3 is 2.30 bits per heavy atom. The van der Waals surface area contributed by atoms with Crippen LogP contribution >= 0.6 is 0 Å². The summed E-state index contributed by atoms with van der Waals surface area (Å²) < 4.78 is 5.49. The molecule has 1 heterocycles. The van der Waals surface area contributed by atoms with Crippen LogP contribution in [0.2, 0.25) is 0 Å². The molecule has 1 aliphatic carbocycles. The maximum Gasteiger partial charge on any atom is 0.407 e. The number of nitrogens with one attached hydrogen (secondary N) is 1. The summed E-state index contributed by atoms with van der Waals surface area (Å²) in [5.41, 5.74) is 4.57. The summed E-state index contributed by atoms with van der Waals surface area (Å²) in [5.74, 6) is -1.98. The van der Waals surface area contributed by atoms with Gasteiger partial charge in [-0.1, -0.05) is 55.5 Å². The van der Waals surface area contributed by atoms with Crippen molar-refractivity contribution in [3.8, 4) is 11.1 Å². The lowest BCUT2D eigenvalue weighted by molar-refractivity contribution is -0.149. The average molecular weight is 453 g/mol. The zero-order chi connectivity index (χ0) is 23.5. The van der Waals surface area contributed by atoms with E-state index in [1.165, 1.54) is 4.90 Å². The number of aliphatic hydroxyl groups is 1. The van der Waals surface area contributed by atoms with E-state index in [0.29, 0.717) is 6.42 Å². The van der Waals surface area contributed by atoms with Crippen molar-refractivity contribution in [1.29, 1.82) is 0 Å². The average Bonchev–Trinajstić information content (AvgIpc) is 3.35. The molecule has 0 bridgehead atoms. The molecule has 2 aromatic rings. The Morgan fingerprint density at radius 1 is 1.09 bits per heavy atom. The number of hydrogen-bond acceptors (Lipinski definition) is 5. The van der Waals surface area contributed by atoms with E-state index >= 15 is 0 Å². The molecule has 33 heavy (non-hydrogen) atoms. The maximum absolute atomic E-state index is 12.6. The van der Waals surface area contributed by atoms with Gasteiger partial charge in [-0.3, -0.25) is 4.79 Å². The minimum atomic E-state index is -1.12. The Hall–Kier alpha value is -3.39. The number of amides is 2. The van der Waals surface area contributed by atoms with Crippen molar-refractivity contribution in [2.45, 2.75) is 37.8 Å². The first-order chi connectivity index (χ1) is 15.9.